The number of carbonyl (C=O) groups is 4. The highest BCUT2D eigenvalue weighted by Crippen LogP contribution is 2.46. The molecule has 0 radical (unpaired) electrons. The van der Waals surface area contributed by atoms with Crippen LogP contribution in [0.25, 0.3) is 0 Å². The minimum atomic E-state index is -3.60. The Labute approximate surface area is 506 Å². The molecule has 6 rings (SSSR count). The van der Waals surface area contributed by atoms with E-state index in [0.717, 1.165) is 22.3 Å². The van der Waals surface area contributed by atoms with Gasteiger partial charge in [0.2, 0.25) is 0 Å². The van der Waals surface area contributed by atoms with Gasteiger partial charge in [0.1, 0.15) is 12.2 Å². The van der Waals surface area contributed by atoms with Gasteiger partial charge in [-0.1, -0.05) is 109 Å². The first-order valence-electron chi connectivity index (χ1n) is 27.9. The lowest BCUT2D eigenvalue weighted by Gasteiger charge is -2.48. The Hall–Kier alpha value is -4.66. The number of hydrogen-bond acceptors (Lipinski definition) is 10. The third-order valence-corrected chi connectivity index (χ3v) is 21.4. The minimum Gasteiger partial charge on any atom is -0.356 e. The molecule has 2 saturated heterocycles. The van der Waals surface area contributed by atoms with Crippen molar-refractivity contribution in [1.82, 2.24) is 30.2 Å². The zero-order valence-corrected chi connectivity index (χ0v) is 53.8. The van der Waals surface area contributed by atoms with Gasteiger partial charge in [0.15, 0.2) is 31.9 Å². The maximum Gasteiger partial charge on any atom is 0.317 e. The molecule has 2 heterocycles. The summed E-state index contributed by atoms with van der Waals surface area (Å²) in [5.41, 5.74) is 2.93. The first-order chi connectivity index (χ1) is 38.5. The number of sulfone groups is 2. The lowest BCUT2D eigenvalue weighted by Crippen LogP contribution is -2.59. The van der Waals surface area contributed by atoms with Gasteiger partial charge in [-0.3, -0.25) is 9.59 Å². The molecule has 0 aliphatic carbocycles. The third kappa shape index (κ3) is 16.8. The summed E-state index contributed by atoms with van der Waals surface area (Å²) in [4.78, 5) is 60.6. The van der Waals surface area contributed by atoms with Crippen molar-refractivity contribution in [2.75, 3.05) is 50.8 Å². The highest BCUT2D eigenvalue weighted by Gasteiger charge is 2.50. The Morgan fingerprint density at radius 3 is 1.10 bits per heavy atom. The van der Waals surface area contributed by atoms with Crippen LogP contribution in [0.3, 0.4) is 0 Å². The zero-order chi connectivity index (χ0) is 61.1. The predicted molar refractivity (Wildman–Crippen MR) is 328 cm³/mol. The fraction of sp³-hybridized carbons (Fsp3) is 0.533. The Morgan fingerprint density at radius 1 is 0.512 bits per heavy atom. The normalized spacial score (nSPS) is 20.5. The zero-order valence-electron chi connectivity index (χ0n) is 49.1. The van der Waals surface area contributed by atoms with Crippen molar-refractivity contribution in [3.8, 4) is 0 Å². The third-order valence-electron chi connectivity index (χ3n) is 15.0. The summed E-state index contributed by atoms with van der Waals surface area (Å²) in [7, 11) is -7.20. The maximum absolute atomic E-state index is 14.3. The average molecular weight is 1250 g/mol. The highest BCUT2D eigenvalue weighted by atomic mass is 35.5. The number of carbonyl (C=O) groups excluding carboxylic acids is 4. The predicted octanol–water partition coefficient (Wildman–Crippen LogP) is 12.1. The van der Waals surface area contributed by atoms with Crippen molar-refractivity contribution in [3.63, 3.8) is 0 Å². The number of halogens is 4. The van der Waals surface area contributed by atoms with E-state index in [-0.39, 0.29) is 48.5 Å². The number of nitrogens with one attached hydrogen (secondary N) is 2. The first kappa shape index (κ1) is 68.1. The van der Waals surface area contributed by atoms with Gasteiger partial charge in [-0.15, -0.1) is 0 Å². The van der Waals surface area contributed by atoms with Crippen molar-refractivity contribution in [2.45, 2.75) is 154 Å². The minimum absolute atomic E-state index is 0.0719. The summed E-state index contributed by atoms with van der Waals surface area (Å²) >= 11 is 25.2. The Bertz CT molecular complexity index is 2820. The van der Waals surface area contributed by atoms with Gasteiger partial charge in [-0.05, 0) is 153 Å². The van der Waals surface area contributed by atoms with Crippen LogP contribution < -0.4 is 10.6 Å². The molecule has 4 aromatic carbocycles. The molecule has 452 valence electrons. The highest BCUT2D eigenvalue weighted by molar-refractivity contribution is 7.93. The molecule has 4 aromatic rings. The van der Waals surface area contributed by atoms with Crippen LogP contribution in [0.15, 0.2) is 97.1 Å². The second-order valence-electron chi connectivity index (χ2n) is 22.3. The van der Waals surface area contributed by atoms with Crippen molar-refractivity contribution in [3.05, 3.63) is 139 Å². The van der Waals surface area contributed by atoms with E-state index in [2.05, 4.69) is 10.6 Å². The molecular formula is C60H82Cl4N6O10S2. The van der Waals surface area contributed by atoms with Gasteiger partial charge in [0.25, 0.3) is 11.8 Å². The molecule has 0 unspecified atom stereocenters. The SMILES string of the molecule is CC[C@@H](CS(=O)(=O)C(C)(C)C)N1C(=O)[C@@H](CNC(=O)N(CC)CC)O[C@H](c2cccc(Cl)c2)[C@H]1c1ccc(Cl)cc1.CC[C@@H](CS(=O)(=O)C(C)(C)C)N1C(=O)[C@H](CNC(=O)N(CC)CC)O[C@H](c2cccc(Cl)c2)[C@H]1c1ccc(Cl)cc1. The molecule has 82 heavy (non-hydrogen) atoms. The molecule has 16 nitrogen and oxygen atoms in total. The van der Waals surface area contributed by atoms with Crippen molar-refractivity contribution < 1.29 is 45.5 Å². The number of hydrogen-bond donors (Lipinski definition) is 2. The molecule has 2 aliphatic rings. The van der Waals surface area contributed by atoms with E-state index in [4.69, 9.17) is 55.9 Å². The molecule has 2 aliphatic heterocycles. The van der Waals surface area contributed by atoms with E-state index in [0.29, 0.717) is 59.1 Å². The molecule has 2 fully saturated rings. The topological polar surface area (TPSA) is 192 Å². The van der Waals surface area contributed by atoms with Crippen molar-refractivity contribution >= 4 is 90.0 Å². The molecule has 0 spiro atoms. The number of nitrogens with zero attached hydrogens (tertiary/aromatic N) is 4. The molecule has 22 heteroatoms. The summed E-state index contributed by atoms with van der Waals surface area (Å²) in [5.74, 6) is -1.22. The van der Waals surface area contributed by atoms with Crippen molar-refractivity contribution in [2.24, 2.45) is 0 Å². The summed E-state index contributed by atoms with van der Waals surface area (Å²) in [6.45, 7) is 23.1. The monoisotopic (exact) mass is 1250 g/mol. The number of morpholine rings is 2. The molecular weight excluding hydrogens is 1170 g/mol. The lowest BCUT2D eigenvalue weighted by molar-refractivity contribution is -0.178. The quantitative estimate of drug-likeness (QED) is 0.0860. The summed E-state index contributed by atoms with van der Waals surface area (Å²) in [6.07, 6.45) is -2.71. The van der Waals surface area contributed by atoms with Gasteiger partial charge in [-0.25, -0.2) is 26.4 Å². The van der Waals surface area contributed by atoms with E-state index < -0.39 is 77.8 Å². The second kappa shape index (κ2) is 29.4. The van der Waals surface area contributed by atoms with Crippen LogP contribution >= 0.6 is 46.4 Å². The van der Waals surface area contributed by atoms with Crippen LogP contribution in [0.4, 0.5) is 9.59 Å². The fourth-order valence-corrected chi connectivity index (χ4v) is 13.3. The smallest absolute Gasteiger partial charge is 0.317 e. The second-order valence-corrected chi connectivity index (χ2v) is 29.6. The van der Waals surface area contributed by atoms with Gasteiger partial charge in [0, 0.05) is 58.4 Å². The number of benzene rings is 4. The van der Waals surface area contributed by atoms with Crippen LogP contribution in [0, 0.1) is 0 Å². The molecule has 0 saturated carbocycles. The van der Waals surface area contributed by atoms with E-state index >= 15 is 0 Å². The van der Waals surface area contributed by atoms with Crippen LogP contribution in [-0.2, 0) is 38.7 Å². The van der Waals surface area contributed by atoms with Crippen LogP contribution in [0.1, 0.15) is 142 Å². The summed E-state index contributed by atoms with van der Waals surface area (Å²) in [5, 5.41) is 7.72. The number of rotatable bonds is 20. The van der Waals surface area contributed by atoms with Crippen molar-refractivity contribution in [1.29, 1.82) is 0 Å². The summed E-state index contributed by atoms with van der Waals surface area (Å²) < 4.78 is 64.7. The largest absolute Gasteiger partial charge is 0.356 e. The standard InChI is InChI=1S/2C30H41Cl2N3O5S/c2*1-7-24(19-41(38,39)30(4,5)6)35-26(20-13-15-22(31)16-14-20)27(21-11-10-12-23(32)17-21)40-25(28(35)36)18-33-29(37)34(8-2)9-3/h2*10-17,24-27H,7-9,18-19H2,1-6H3,(H,33,37)/t24-,25+,26+,27+;24-,25-,26+,27+/m00/s1. The molecule has 6 amide bonds. The van der Waals surface area contributed by atoms with Crippen LogP contribution in [0.2, 0.25) is 20.1 Å². The Balaban J connectivity index is 0.000000301. The Kier molecular flexibility index (Phi) is 24.5. The first-order valence-corrected chi connectivity index (χ1v) is 32.8. The molecule has 0 aromatic heterocycles. The molecule has 0 bridgehead atoms. The van der Waals surface area contributed by atoms with E-state index in [1.165, 1.54) is 0 Å². The van der Waals surface area contributed by atoms with Crippen LogP contribution in [-0.4, -0.2) is 145 Å². The van der Waals surface area contributed by atoms with E-state index in [1.54, 1.807) is 122 Å². The average Bonchev–Trinajstić information content (AvgIpc) is 3.56. The fourth-order valence-electron chi connectivity index (χ4n) is 9.88. The summed E-state index contributed by atoms with van der Waals surface area (Å²) in [6, 6.07) is 25.4. The van der Waals surface area contributed by atoms with E-state index in [1.807, 2.05) is 77.9 Å². The van der Waals surface area contributed by atoms with E-state index in [9.17, 15) is 36.0 Å². The van der Waals surface area contributed by atoms with Gasteiger partial charge >= 0.3 is 12.1 Å². The number of amides is 6. The maximum atomic E-state index is 14.3. The number of ether oxygens (including phenoxy) is 2. The van der Waals surface area contributed by atoms with Crippen LogP contribution in [0.5, 0.6) is 0 Å². The van der Waals surface area contributed by atoms with Gasteiger partial charge in [0.05, 0.1) is 46.2 Å². The number of urea groups is 2. The molecule has 8 atom stereocenters. The lowest BCUT2D eigenvalue weighted by atomic mass is 9.90. The molecule has 2 N–H and O–H groups in total. The van der Waals surface area contributed by atoms with Gasteiger partial charge in [-0.2, -0.15) is 0 Å². The van der Waals surface area contributed by atoms with Gasteiger partial charge < -0.3 is 39.7 Å². The Morgan fingerprint density at radius 2 is 0.829 bits per heavy atom.